The minimum absolute atomic E-state index is 0.207. The van der Waals surface area contributed by atoms with E-state index in [0.29, 0.717) is 27.4 Å². The largest absolute Gasteiger partial charge is 0.469 e. The fourth-order valence-electron chi connectivity index (χ4n) is 2.60. The van der Waals surface area contributed by atoms with E-state index < -0.39 is 0 Å². The molecule has 0 saturated carbocycles. The monoisotopic (exact) mass is 405 g/mol. The van der Waals surface area contributed by atoms with Crippen LogP contribution in [-0.2, 0) is 6.61 Å². The molecule has 3 heterocycles. The van der Waals surface area contributed by atoms with E-state index in [4.69, 9.17) is 32.5 Å². The van der Waals surface area contributed by atoms with Crippen LogP contribution >= 0.6 is 34.5 Å². The van der Waals surface area contributed by atoms with Gasteiger partial charge in [-0.1, -0.05) is 28.4 Å². The van der Waals surface area contributed by atoms with Crippen molar-refractivity contribution in [3.63, 3.8) is 0 Å². The first-order valence-corrected chi connectivity index (χ1v) is 9.34. The fraction of sp³-hybridized carbons (Fsp3) is 0.167. The second-order valence-corrected chi connectivity index (χ2v) is 7.78. The Hall–Kier alpha value is -2.15. The van der Waals surface area contributed by atoms with Crippen molar-refractivity contribution in [1.82, 2.24) is 15.1 Å². The van der Waals surface area contributed by atoms with Crippen molar-refractivity contribution in [2.24, 2.45) is 0 Å². The van der Waals surface area contributed by atoms with Crippen molar-refractivity contribution < 1.29 is 9.26 Å². The molecule has 0 spiro atoms. The van der Waals surface area contributed by atoms with Crippen LogP contribution in [0.2, 0.25) is 10.0 Å². The maximum Gasteiger partial charge on any atom is 0.226 e. The van der Waals surface area contributed by atoms with E-state index in [2.05, 4.69) is 22.0 Å². The third kappa shape index (κ3) is 3.16. The van der Waals surface area contributed by atoms with Crippen LogP contribution in [0.25, 0.3) is 21.5 Å². The van der Waals surface area contributed by atoms with Crippen LogP contribution in [0.4, 0.5) is 0 Å². The number of fused-ring (bicyclic) bond motifs is 1. The molecule has 0 amide bonds. The van der Waals surface area contributed by atoms with Crippen LogP contribution in [0.5, 0.6) is 5.88 Å². The van der Waals surface area contributed by atoms with Gasteiger partial charge in [0.15, 0.2) is 12.4 Å². The maximum atomic E-state index is 6.22. The Morgan fingerprint density at radius 3 is 2.81 bits per heavy atom. The molecule has 8 heteroatoms. The number of hydrogen-bond donors (Lipinski definition) is 0. The Morgan fingerprint density at radius 2 is 2.00 bits per heavy atom. The predicted molar refractivity (Wildman–Crippen MR) is 103 cm³/mol. The summed E-state index contributed by atoms with van der Waals surface area (Å²) in [5, 5.41) is 6.08. The zero-order chi connectivity index (χ0) is 18.3. The number of aryl methyl sites for hydroxylation is 2. The molecule has 3 aromatic heterocycles. The lowest BCUT2D eigenvalue weighted by Gasteiger charge is -2.04. The zero-order valence-corrected chi connectivity index (χ0v) is 16.2. The van der Waals surface area contributed by atoms with Crippen molar-refractivity contribution in [3.05, 3.63) is 56.8 Å². The highest BCUT2D eigenvalue weighted by molar-refractivity contribution is 7.18. The molecule has 132 valence electrons. The SMILES string of the molecule is Cc1sc2ncnc(OCc3cc(-c4ccc(Cl)cc4Cl)no3)c2c1C. The second-order valence-electron chi connectivity index (χ2n) is 5.73. The highest BCUT2D eigenvalue weighted by atomic mass is 35.5. The maximum absolute atomic E-state index is 6.22. The molecule has 5 nitrogen and oxygen atoms in total. The van der Waals surface area contributed by atoms with Crippen LogP contribution in [0.1, 0.15) is 16.2 Å². The lowest BCUT2D eigenvalue weighted by atomic mass is 10.1. The number of ether oxygens (including phenoxy) is 1. The van der Waals surface area contributed by atoms with E-state index in [9.17, 15) is 0 Å². The molecule has 0 N–H and O–H groups in total. The van der Waals surface area contributed by atoms with Crippen LogP contribution in [0, 0.1) is 13.8 Å². The average Bonchev–Trinajstić information content (AvgIpc) is 3.18. The van der Waals surface area contributed by atoms with E-state index in [1.54, 1.807) is 35.6 Å². The third-order valence-electron chi connectivity index (χ3n) is 4.05. The van der Waals surface area contributed by atoms with E-state index in [0.717, 1.165) is 21.3 Å². The van der Waals surface area contributed by atoms with Crippen molar-refractivity contribution in [2.75, 3.05) is 0 Å². The molecular weight excluding hydrogens is 393 g/mol. The average molecular weight is 406 g/mol. The van der Waals surface area contributed by atoms with E-state index >= 15 is 0 Å². The van der Waals surface area contributed by atoms with Gasteiger partial charge in [-0.25, -0.2) is 9.97 Å². The number of benzene rings is 1. The first kappa shape index (κ1) is 17.3. The van der Waals surface area contributed by atoms with Gasteiger partial charge in [0.2, 0.25) is 5.88 Å². The first-order chi connectivity index (χ1) is 12.5. The highest BCUT2D eigenvalue weighted by Crippen LogP contribution is 2.34. The molecule has 4 aromatic rings. The van der Waals surface area contributed by atoms with Gasteiger partial charge in [-0.15, -0.1) is 11.3 Å². The number of halogens is 2. The van der Waals surface area contributed by atoms with Crippen molar-refractivity contribution >= 4 is 44.8 Å². The second kappa shape index (κ2) is 6.87. The van der Waals surface area contributed by atoms with Gasteiger partial charge in [0.1, 0.15) is 16.9 Å². The molecule has 1 aromatic carbocycles. The molecule has 0 radical (unpaired) electrons. The zero-order valence-electron chi connectivity index (χ0n) is 13.9. The normalized spacial score (nSPS) is 11.2. The molecule has 0 aliphatic rings. The predicted octanol–water partition coefficient (Wildman–Crippen LogP) is 5.85. The number of rotatable bonds is 4. The van der Waals surface area contributed by atoms with Crippen LogP contribution in [0.3, 0.4) is 0 Å². The van der Waals surface area contributed by atoms with E-state index in [1.807, 2.05) is 6.92 Å². The standard InChI is InChI=1S/C18H13Cl2N3O2S/c1-9-10(2)26-18-16(9)17(21-8-22-18)24-7-12-6-15(23-25-12)13-4-3-11(19)5-14(13)20/h3-6,8H,7H2,1-2H3. The molecule has 26 heavy (non-hydrogen) atoms. The van der Waals surface area contributed by atoms with Gasteiger partial charge in [-0.05, 0) is 37.6 Å². The van der Waals surface area contributed by atoms with Gasteiger partial charge in [0, 0.05) is 21.5 Å². The topological polar surface area (TPSA) is 61.0 Å². The number of hydrogen-bond acceptors (Lipinski definition) is 6. The minimum Gasteiger partial charge on any atom is -0.469 e. The van der Waals surface area contributed by atoms with Crippen LogP contribution < -0.4 is 4.74 Å². The lowest BCUT2D eigenvalue weighted by molar-refractivity contribution is 0.244. The Bertz CT molecular complexity index is 1110. The van der Waals surface area contributed by atoms with Crippen LogP contribution in [0.15, 0.2) is 35.1 Å². The van der Waals surface area contributed by atoms with Gasteiger partial charge < -0.3 is 9.26 Å². The molecule has 0 atom stereocenters. The number of nitrogens with zero attached hydrogens (tertiary/aromatic N) is 3. The molecule has 0 bridgehead atoms. The summed E-state index contributed by atoms with van der Waals surface area (Å²) in [4.78, 5) is 10.7. The minimum atomic E-state index is 0.207. The van der Waals surface area contributed by atoms with Gasteiger partial charge >= 0.3 is 0 Å². The van der Waals surface area contributed by atoms with Crippen LogP contribution in [-0.4, -0.2) is 15.1 Å². The van der Waals surface area contributed by atoms with E-state index in [-0.39, 0.29) is 6.61 Å². The van der Waals surface area contributed by atoms with Crippen molar-refractivity contribution in [1.29, 1.82) is 0 Å². The summed E-state index contributed by atoms with van der Waals surface area (Å²) in [6.07, 6.45) is 1.51. The summed E-state index contributed by atoms with van der Waals surface area (Å²) >= 11 is 13.8. The van der Waals surface area contributed by atoms with Gasteiger partial charge in [0.05, 0.1) is 10.4 Å². The number of aromatic nitrogens is 3. The summed E-state index contributed by atoms with van der Waals surface area (Å²) in [6, 6.07) is 7.02. The Labute approximate surface area is 163 Å². The quantitative estimate of drug-likeness (QED) is 0.426. The summed E-state index contributed by atoms with van der Waals surface area (Å²) in [5.74, 6) is 1.11. The molecule has 4 rings (SSSR count). The summed E-state index contributed by atoms with van der Waals surface area (Å²) in [7, 11) is 0. The van der Waals surface area contributed by atoms with Crippen molar-refractivity contribution in [3.8, 4) is 17.1 Å². The summed E-state index contributed by atoms with van der Waals surface area (Å²) < 4.78 is 11.2. The molecule has 0 saturated heterocycles. The molecule has 0 fully saturated rings. The Balaban J connectivity index is 1.57. The Kier molecular flexibility index (Phi) is 4.56. The molecule has 0 aliphatic carbocycles. The smallest absolute Gasteiger partial charge is 0.226 e. The molecule has 0 unspecified atom stereocenters. The first-order valence-electron chi connectivity index (χ1n) is 7.77. The van der Waals surface area contributed by atoms with E-state index in [1.165, 1.54) is 11.2 Å². The Morgan fingerprint density at radius 1 is 1.15 bits per heavy atom. The number of thiophene rings is 1. The molecule has 0 aliphatic heterocycles. The van der Waals surface area contributed by atoms with Crippen molar-refractivity contribution in [2.45, 2.75) is 20.5 Å². The van der Waals surface area contributed by atoms with Gasteiger partial charge in [0.25, 0.3) is 0 Å². The summed E-state index contributed by atoms with van der Waals surface area (Å²) in [6.45, 7) is 4.31. The van der Waals surface area contributed by atoms with Gasteiger partial charge in [-0.3, -0.25) is 0 Å². The molecular formula is C18H13Cl2N3O2S. The third-order valence-corrected chi connectivity index (χ3v) is 5.71. The summed E-state index contributed by atoms with van der Waals surface area (Å²) in [5.41, 5.74) is 2.51. The fourth-order valence-corrected chi connectivity index (χ4v) is 4.10. The highest BCUT2D eigenvalue weighted by Gasteiger charge is 2.15. The van der Waals surface area contributed by atoms with Gasteiger partial charge in [-0.2, -0.15) is 0 Å². The lowest BCUT2D eigenvalue weighted by Crippen LogP contribution is -1.97.